The van der Waals surface area contributed by atoms with Crippen molar-refractivity contribution in [2.45, 2.75) is 6.92 Å². The fourth-order valence-corrected chi connectivity index (χ4v) is 0.804. The van der Waals surface area contributed by atoms with Gasteiger partial charge in [-0.05, 0) is 6.92 Å². The van der Waals surface area contributed by atoms with Crippen LogP contribution in [0.25, 0.3) is 0 Å². The van der Waals surface area contributed by atoms with Crippen molar-refractivity contribution in [1.82, 2.24) is 4.98 Å². The van der Waals surface area contributed by atoms with Gasteiger partial charge in [0.2, 0.25) is 0 Å². The third-order valence-electron chi connectivity index (χ3n) is 0.593. The summed E-state index contributed by atoms with van der Waals surface area (Å²) in [6, 6.07) is 0. The lowest BCUT2D eigenvalue weighted by molar-refractivity contribution is 0.617. The Morgan fingerprint density at radius 3 is 2.71 bits per heavy atom. The molecule has 0 saturated carbocycles. The molecule has 7 heavy (non-hydrogen) atoms. The van der Waals surface area contributed by atoms with Gasteiger partial charge in [-0.15, -0.1) is 0 Å². The Morgan fingerprint density at radius 1 is 1.86 bits per heavy atom. The first-order valence-corrected chi connectivity index (χ1v) is 2.68. The molecular formula is C4H4FNS. The van der Waals surface area contributed by atoms with Gasteiger partial charge in [0.25, 0.3) is 5.26 Å². The molecule has 0 radical (unpaired) electrons. The molecule has 1 aromatic rings. The Morgan fingerprint density at radius 2 is 2.57 bits per heavy atom. The summed E-state index contributed by atoms with van der Waals surface area (Å²) in [6.07, 6.45) is 1.51. The van der Waals surface area contributed by atoms with Crippen molar-refractivity contribution in [3.63, 3.8) is 0 Å². The van der Waals surface area contributed by atoms with Crippen LogP contribution in [0.3, 0.4) is 0 Å². The van der Waals surface area contributed by atoms with Crippen LogP contribution in [-0.4, -0.2) is 4.98 Å². The number of aryl methyl sites for hydroxylation is 1. The Balaban J connectivity index is 3.04. The normalized spacial score (nSPS) is 9.43. The first-order valence-electron chi connectivity index (χ1n) is 1.87. The molecule has 0 aliphatic carbocycles. The number of hydrogen-bond donors (Lipinski definition) is 0. The molecule has 38 valence electrons. The van der Waals surface area contributed by atoms with E-state index in [9.17, 15) is 4.39 Å². The highest BCUT2D eigenvalue weighted by atomic mass is 32.1. The monoisotopic (exact) mass is 117 g/mol. The summed E-state index contributed by atoms with van der Waals surface area (Å²) in [6.45, 7) is 1.82. The quantitative estimate of drug-likeness (QED) is 0.503. The van der Waals surface area contributed by atoms with Crippen LogP contribution in [0.1, 0.15) is 4.88 Å². The van der Waals surface area contributed by atoms with E-state index in [4.69, 9.17) is 0 Å². The van der Waals surface area contributed by atoms with E-state index in [1.54, 1.807) is 0 Å². The lowest BCUT2D eigenvalue weighted by atomic mass is 10.7. The molecule has 0 bridgehead atoms. The van der Waals surface area contributed by atoms with Crippen LogP contribution in [0, 0.1) is 12.2 Å². The molecule has 0 aliphatic rings. The maximum absolute atomic E-state index is 11.8. The van der Waals surface area contributed by atoms with E-state index in [1.807, 2.05) is 6.92 Å². The molecule has 0 spiro atoms. The van der Waals surface area contributed by atoms with E-state index < -0.39 is 0 Å². The van der Waals surface area contributed by atoms with Gasteiger partial charge in [-0.2, -0.15) is 4.39 Å². The zero-order valence-corrected chi connectivity index (χ0v) is 4.63. The van der Waals surface area contributed by atoms with Gasteiger partial charge < -0.3 is 0 Å². The zero-order chi connectivity index (χ0) is 5.28. The molecule has 0 aromatic carbocycles. The minimum Gasteiger partial charge on any atom is -0.218 e. The van der Waals surface area contributed by atoms with Crippen LogP contribution >= 0.6 is 11.3 Å². The summed E-state index contributed by atoms with van der Waals surface area (Å²) >= 11 is 1.06. The van der Waals surface area contributed by atoms with Crippen LogP contribution < -0.4 is 0 Å². The summed E-state index contributed by atoms with van der Waals surface area (Å²) in [5.74, 6) is 0. The second-order valence-corrected chi connectivity index (χ2v) is 2.41. The van der Waals surface area contributed by atoms with Gasteiger partial charge in [-0.3, -0.25) is 0 Å². The summed E-state index contributed by atoms with van der Waals surface area (Å²) < 4.78 is 11.8. The Labute approximate surface area is 44.8 Å². The molecule has 1 rings (SSSR count). The van der Waals surface area contributed by atoms with Crippen LogP contribution in [-0.2, 0) is 0 Å². The van der Waals surface area contributed by atoms with E-state index in [0.717, 1.165) is 16.2 Å². The highest BCUT2D eigenvalue weighted by molar-refractivity contribution is 7.09. The number of hydrogen-bond acceptors (Lipinski definition) is 2. The van der Waals surface area contributed by atoms with E-state index in [0.29, 0.717) is 0 Å². The summed E-state index contributed by atoms with van der Waals surface area (Å²) in [7, 11) is 0. The van der Waals surface area contributed by atoms with Crippen molar-refractivity contribution in [2.24, 2.45) is 0 Å². The number of thiazole rings is 1. The third kappa shape index (κ3) is 0.962. The zero-order valence-electron chi connectivity index (χ0n) is 3.81. The average molecular weight is 117 g/mol. The molecule has 3 heteroatoms. The van der Waals surface area contributed by atoms with Crippen molar-refractivity contribution < 1.29 is 4.39 Å². The van der Waals surface area contributed by atoms with E-state index in [1.165, 1.54) is 6.20 Å². The molecule has 0 unspecified atom stereocenters. The smallest absolute Gasteiger partial charge is 0.218 e. The van der Waals surface area contributed by atoms with Crippen molar-refractivity contribution in [2.75, 3.05) is 0 Å². The van der Waals surface area contributed by atoms with Gasteiger partial charge in [-0.1, -0.05) is 11.3 Å². The lowest BCUT2D eigenvalue weighted by Crippen LogP contribution is -1.58. The topological polar surface area (TPSA) is 12.9 Å². The van der Waals surface area contributed by atoms with E-state index in [-0.39, 0.29) is 5.26 Å². The van der Waals surface area contributed by atoms with Crippen LogP contribution in [0.2, 0.25) is 0 Å². The van der Waals surface area contributed by atoms with E-state index in [2.05, 4.69) is 4.98 Å². The molecule has 0 atom stereocenters. The number of halogens is 1. The Bertz CT molecular complexity index is 144. The first-order chi connectivity index (χ1) is 3.29. The van der Waals surface area contributed by atoms with Crippen molar-refractivity contribution in [3.05, 3.63) is 16.3 Å². The van der Waals surface area contributed by atoms with Crippen molar-refractivity contribution in [1.29, 1.82) is 0 Å². The van der Waals surface area contributed by atoms with Crippen LogP contribution in [0.15, 0.2) is 6.20 Å². The Hall–Kier alpha value is -0.440. The van der Waals surface area contributed by atoms with Crippen LogP contribution in [0.4, 0.5) is 4.39 Å². The van der Waals surface area contributed by atoms with Crippen LogP contribution in [0.5, 0.6) is 0 Å². The van der Waals surface area contributed by atoms with Crippen molar-refractivity contribution >= 4 is 11.3 Å². The van der Waals surface area contributed by atoms with Gasteiger partial charge in [-0.25, -0.2) is 4.98 Å². The predicted molar refractivity (Wildman–Crippen MR) is 26.8 cm³/mol. The second-order valence-electron chi connectivity index (χ2n) is 1.22. The molecule has 0 fully saturated rings. The first kappa shape index (κ1) is 4.71. The second kappa shape index (κ2) is 1.58. The Kier molecular flexibility index (Phi) is 1.06. The van der Waals surface area contributed by atoms with Gasteiger partial charge in [0.15, 0.2) is 0 Å². The molecule has 0 saturated heterocycles. The predicted octanol–water partition coefficient (Wildman–Crippen LogP) is 1.59. The SMILES string of the molecule is Cc1cnc(F)s1. The molecule has 0 aliphatic heterocycles. The highest BCUT2D eigenvalue weighted by Crippen LogP contribution is 2.07. The summed E-state index contributed by atoms with van der Waals surface area (Å²) in [5.41, 5.74) is 0. The van der Waals surface area contributed by atoms with Crippen molar-refractivity contribution in [3.8, 4) is 0 Å². The summed E-state index contributed by atoms with van der Waals surface area (Å²) in [5, 5.41) is -0.350. The largest absolute Gasteiger partial charge is 0.269 e. The molecular weight excluding hydrogens is 113 g/mol. The number of aromatic nitrogens is 1. The third-order valence-corrected chi connectivity index (χ3v) is 1.29. The van der Waals surface area contributed by atoms with Gasteiger partial charge in [0.1, 0.15) is 0 Å². The number of nitrogens with zero attached hydrogens (tertiary/aromatic N) is 1. The standard InChI is InChI=1S/C4H4FNS/c1-3-2-6-4(5)7-3/h2H,1H3. The fraction of sp³-hybridized carbons (Fsp3) is 0.250. The fourth-order valence-electron chi connectivity index (χ4n) is 0.327. The molecule has 1 aromatic heterocycles. The van der Waals surface area contributed by atoms with Gasteiger partial charge in [0, 0.05) is 11.1 Å². The minimum absolute atomic E-state index is 0.350. The minimum atomic E-state index is -0.350. The molecule has 0 N–H and O–H groups in total. The molecule has 1 nitrogen and oxygen atoms in total. The van der Waals surface area contributed by atoms with E-state index >= 15 is 0 Å². The van der Waals surface area contributed by atoms with Gasteiger partial charge in [0.05, 0.1) is 0 Å². The lowest BCUT2D eigenvalue weighted by Gasteiger charge is -1.65. The van der Waals surface area contributed by atoms with Gasteiger partial charge >= 0.3 is 0 Å². The molecule has 1 heterocycles. The number of rotatable bonds is 0. The average Bonchev–Trinajstić information content (AvgIpc) is 1.87. The highest BCUT2D eigenvalue weighted by Gasteiger charge is 1.90. The summed E-state index contributed by atoms with van der Waals surface area (Å²) in [4.78, 5) is 4.28. The maximum Gasteiger partial charge on any atom is 0.269 e. The molecule has 0 amide bonds. The maximum atomic E-state index is 11.8.